The summed E-state index contributed by atoms with van der Waals surface area (Å²) in [4.78, 5) is 1.92. The van der Waals surface area contributed by atoms with Gasteiger partial charge in [-0.1, -0.05) is 23.2 Å². The second-order valence-corrected chi connectivity index (χ2v) is 5.20. The highest BCUT2D eigenvalue weighted by atomic mass is 35.5. The number of β-amino-alcohol motifs (C(OH)–C–C–N with tert-alkyl or cyclic N) is 1. The van der Waals surface area contributed by atoms with Gasteiger partial charge in [-0.3, -0.25) is 0 Å². The van der Waals surface area contributed by atoms with E-state index in [1.165, 1.54) is 0 Å². The molecule has 1 aliphatic heterocycles. The molecular weight excluding hydrogens is 247 g/mol. The number of nitrogens with zero attached hydrogens (tertiary/aromatic N) is 1. The first-order valence-electron chi connectivity index (χ1n) is 5.07. The molecule has 0 spiro atoms. The average Bonchev–Trinajstić information content (AvgIpc) is 2.15. The zero-order chi connectivity index (χ0) is 11.9. The Hall–Kier alpha value is -0.480. The molecule has 1 aromatic rings. The standard InChI is InChI=1S/C11H14Cl2N2O/c1-15-6-11(16,5-14)4-7-2-8(12)3-9(13)10(7)15/h2-3,16H,4-6,14H2,1H3. The summed E-state index contributed by atoms with van der Waals surface area (Å²) in [5.74, 6) is 0. The van der Waals surface area contributed by atoms with Crippen LogP contribution in [0.25, 0.3) is 0 Å². The molecule has 0 aliphatic carbocycles. The van der Waals surface area contributed by atoms with Gasteiger partial charge in [-0.05, 0) is 17.7 Å². The number of likely N-dealkylation sites (N-methyl/N-ethyl adjacent to an activating group) is 1. The molecule has 3 nitrogen and oxygen atoms in total. The first-order chi connectivity index (χ1) is 7.45. The molecule has 1 atom stereocenters. The Morgan fingerprint density at radius 1 is 1.50 bits per heavy atom. The summed E-state index contributed by atoms with van der Waals surface area (Å²) in [5.41, 5.74) is 6.58. The van der Waals surface area contributed by atoms with E-state index in [2.05, 4.69) is 0 Å². The van der Waals surface area contributed by atoms with Crippen LogP contribution < -0.4 is 10.6 Å². The third-order valence-corrected chi connectivity index (χ3v) is 3.43. The van der Waals surface area contributed by atoms with Gasteiger partial charge in [-0.15, -0.1) is 0 Å². The minimum Gasteiger partial charge on any atom is -0.386 e. The Morgan fingerprint density at radius 2 is 2.19 bits per heavy atom. The highest BCUT2D eigenvalue weighted by molar-refractivity contribution is 6.36. The number of anilines is 1. The zero-order valence-electron chi connectivity index (χ0n) is 9.00. The number of halogens is 2. The third kappa shape index (κ3) is 2.00. The molecule has 0 bridgehead atoms. The zero-order valence-corrected chi connectivity index (χ0v) is 10.5. The molecule has 0 saturated carbocycles. The van der Waals surface area contributed by atoms with Crippen molar-refractivity contribution in [1.82, 2.24) is 0 Å². The van der Waals surface area contributed by atoms with Crippen LogP contribution >= 0.6 is 23.2 Å². The van der Waals surface area contributed by atoms with Crippen molar-refractivity contribution in [1.29, 1.82) is 0 Å². The van der Waals surface area contributed by atoms with Crippen molar-refractivity contribution in [2.45, 2.75) is 12.0 Å². The fraction of sp³-hybridized carbons (Fsp3) is 0.455. The first kappa shape index (κ1) is 12.0. The van der Waals surface area contributed by atoms with Crippen molar-refractivity contribution in [3.63, 3.8) is 0 Å². The summed E-state index contributed by atoms with van der Waals surface area (Å²) >= 11 is 12.1. The molecule has 88 valence electrons. The Morgan fingerprint density at radius 3 is 2.81 bits per heavy atom. The predicted octanol–water partition coefficient (Wildman–Crippen LogP) is 1.68. The van der Waals surface area contributed by atoms with Crippen molar-refractivity contribution in [2.24, 2.45) is 5.73 Å². The number of benzene rings is 1. The van der Waals surface area contributed by atoms with Gasteiger partial charge < -0.3 is 15.7 Å². The Bertz CT molecular complexity index is 425. The number of rotatable bonds is 1. The monoisotopic (exact) mass is 260 g/mol. The van der Waals surface area contributed by atoms with E-state index in [4.69, 9.17) is 28.9 Å². The molecule has 0 radical (unpaired) electrons. The van der Waals surface area contributed by atoms with Crippen LogP contribution in [0.5, 0.6) is 0 Å². The van der Waals surface area contributed by atoms with Gasteiger partial charge in [0.05, 0.1) is 16.3 Å². The smallest absolute Gasteiger partial charge is 0.0983 e. The molecule has 16 heavy (non-hydrogen) atoms. The summed E-state index contributed by atoms with van der Waals surface area (Å²) in [7, 11) is 1.89. The third-order valence-electron chi connectivity index (χ3n) is 2.92. The highest BCUT2D eigenvalue weighted by Crippen LogP contribution is 2.38. The van der Waals surface area contributed by atoms with Crippen LogP contribution in [0.2, 0.25) is 10.0 Å². The van der Waals surface area contributed by atoms with E-state index in [-0.39, 0.29) is 6.54 Å². The summed E-state index contributed by atoms with van der Waals surface area (Å²) < 4.78 is 0. The molecule has 0 fully saturated rings. The van der Waals surface area contributed by atoms with Crippen LogP contribution in [0.4, 0.5) is 5.69 Å². The molecule has 0 saturated heterocycles. The summed E-state index contributed by atoms with van der Waals surface area (Å²) in [6.45, 7) is 0.707. The normalized spacial score (nSPS) is 24.4. The minimum absolute atomic E-state index is 0.223. The largest absolute Gasteiger partial charge is 0.386 e. The fourth-order valence-corrected chi connectivity index (χ4v) is 2.93. The van der Waals surface area contributed by atoms with Crippen molar-refractivity contribution in [3.8, 4) is 0 Å². The van der Waals surface area contributed by atoms with Crippen LogP contribution in [0.3, 0.4) is 0 Å². The van der Waals surface area contributed by atoms with Crippen LogP contribution in [0.15, 0.2) is 12.1 Å². The number of nitrogens with two attached hydrogens (primary N) is 1. The second kappa shape index (κ2) is 4.08. The van der Waals surface area contributed by atoms with E-state index in [9.17, 15) is 5.11 Å². The van der Waals surface area contributed by atoms with Gasteiger partial charge in [0.15, 0.2) is 0 Å². The Labute approximate surface area is 105 Å². The van der Waals surface area contributed by atoms with Crippen molar-refractivity contribution >= 4 is 28.9 Å². The van der Waals surface area contributed by atoms with Crippen LogP contribution in [0.1, 0.15) is 5.56 Å². The average molecular weight is 261 g/mol. The molecule has 1 heterocycles. The Balaban J connectivity index is 2.50. The second-order valence-electron chi connectivity index (χ2n) is 4.36. The van der Waals surface area contributed by atoms with Crippen LogP contribution in [-0.2, 0) is 6.42 Å². The van der Waals surface area contributed by atoms with Crippen LogP contribution in [0, 0.1) is 0 Å². The lowest BCUT2D eigenvalue weighted by molar-refractivity contribution is 0.0535. The molecular formula is C11H14Cl2N2O. The van der Waals surface area contributed by atoms with Gasteiger partial charge in [-0.25, -0.2) is 0 Å². The van der Waals surface area contributed by atoms with Crippen LogP contribution in [-0.4, -0.2) is 30.8 Å². The van der Waals surface area contributed by atoms with Crippen molar-refractivity contribution in [3.05, 3.63) is 27.7 Å². The SMILES string of the molecule is CN1CC(O)(CN)Cc2cc(Cl)cc(Cl)c21. The molecule has 1 unspecified atom stereocenters. The van der Waals surface area contributed by atoms with Gasteiger partial charge in [0.25, 0.3) is 0 Å². The van der Waals surface area contributed by atoms with E-state index in [1.807, 2.05) is 18.0 Å². The van der Waals surface area contributed by atoms with Gasteiger partial charge >= 0.3 is 0 Å². The summed E-state index contributed by atoms with van der Waals surface area (Å²) in [6, 6.07) is 3.55. The lowest BCUT2D eigenvalue weighted by Crippen LogP contribution is -2.52. The van der Waals surface area contributed by atoms with Gasteiger partial charge in [0.1, 0.15) is 0 Å². The number of fused-ring (bicyclic) bond motifs is 1. The van der Waals surface area contributed by atoms with Crippen molar-refractivity contribution in [2.75, 3.05) is 25.0 Å². The first-order valence-corrected chi connectivity index (χ1v) is 5.82. The molecule has 2 rings (SSSR count). The lowest BCUT2D eigenvalue weighted by Gasteiger charge is -2.39. The number of hydrogen-bond donors (Lipinski definition) is 2. The number of hydrogen-bond acceptors (Lipinski definition) is 3. The highest BCUT2D eigenvalue weighted by Gasteiger charge is 2.34. The summed E-state index contributed by atoms with van der Waals surface area (Å²) in [5, 5.41) is 11.4. The van der Waals surface area contributed by atoms with Crippen molar-refractivity contribution < 1.29 is 5.11 Å². The predicted molar refractivity (Wildman–Crippen MR) is 67.4 cm³/mol. The topological polar surface area (TPSA) is 49.5 Å². The van der Waals surface area contributed by atoms with E-state index < -0.39 is 5.60 Å². The van der Waals surface area contributed by atoms with E-state index >= 15 is 0 Å². The van der Waals surface area contributed by atoms with E-state index in [0.29, 0.717) is 23.0 Å². The Kier molecular flexibility index (Phi) is 3.05. The summed E-state index contributed by atoms with van der Waals surface area (Å²) in [6.07, 6.45) is 0.490. The maximum Gasteiger partial charge on any atom is 0.0983 e. The maximum absolute atomic E-state index is 10.2. The minimum atomic E-state index is -0.893. The lowest BCUT2D eigenvalue weighted by atomic mass is 9.89. The maximum atomic E-state index is 10.2. The molecule has 3 N–H and O–H groups in total. The van der Waals surface area contributed by atoms with Gasteiger partial charge in [0, 0.05) is 31.6 Å². The fourth-order valence-electron chi connectivity index (χ4n) is 2.25. The van der Waals surface area contributed by atoms with E-state index in [0.717, 1.165) is 11.3 Å². The quantitative estimate of drug-likeness (QED) is 0.808. The molecule has 0 amide bonds. The van der Waals surface area contributed by atoms with E-state index in [1.54, 1.807) is 6.07 Å². The van der Waals surface area contributed by atoms with Gasteiger partial charge in [-0.2, -0.15) is 0 Å². The molecule has 1 aliphatic rings. The molecule has 5 heteroatoms. The molecule has 1 aromatic carbocycles. The van der Waals surface area contributed by atoms with Gasteiger partial charge in [0.2, 0.25) is 0 Å². The molecule has 0 aromatic heterocycles. The number of aliphatic hydroxyl groups is 1.